The number of hydrogen-bond acceptors (Lipinski definition) is 3. The van der Waals surface area contributed by atoms with Gasteiger partial charge in [-0.15, -0.1) is 0 Å². The van der Waals surface area contributed by atoms with Crippen LogP contribution in [0.5, 0.6) is 0 Å². The molecule has 2 heterocycles. The standard InChI is InChI=1S/C22H32O4/c23-17(15-16-7-5-6-8-16)11-12-19-18(20-13-14-21(19)26-20)9-3-1-2-4-10-22(24)25/h1,3-4,10-12,16-21,23H,2,5-9,13-15H2,(H,24,25)/t17?,18-,19+,20-,21+/m0/s1. The molecule has 144 valence electrons. The van der Waals surface area contributed by atoms with E-state index in [-0.39, 0.29) is 6.10 Å². The van der Waals surface area contributed by atoms with Crippen molar-refractivity contribution in [3.8, 4) is 0 Å². The second-order valence-electron chi connectivity index (χ2n) is 8.05. The van der Waals surface area contributed by atoms with Gasteiger partial charge < -0.3 is 14.9 Å². The van der Waals surface area contributed by atoms with Crippen molar-refractivity contribution in [1.29, 1.82) is 0 Å². The molecule has 26 heavy (non-hydrogen) atoms. The number of rotatable bonds is 9. The van der Waals surface area contributed by atoms with Gasteiger partial charge in [-0.25, -0.2) is 4.79 Å². The molecule has 2 bridgehead atoms. The molecule has 3 fully saturated rings. The van der Waals surface area contributed by atoms with E-state index in [1.165, 1.54) is 31.8 Å². The topological polar surface area (TPSA) is 66.8 Å². The summed E-state index contributed by atoms with van der Waals surface area (Å²) in [6.07, 6.45) is 21.5. The Hall–Kier alpha value is -1.39. The number of aliphatic carboxylic acids is 1. The Balaban J connectivity index is 1.49. The molecule has 1 unspecified atom stereocenters. The zero-order valence-corrected chi connectivity index (χ0v) is 15.5. The van der Waals surface area contributed by atoms with Gasteiger partial charge in [0.15, 0.2) is 0 Å². The fraction of sp³-hybridized carbons (Fsp3) is 0.682. The highest BCUT2D eigenvalue weighted by Gasteiger charge is 2.46. The van der Waals surface area contributed by atoms with E-state index in [0.29, 0.717) is 36.4 Å². The smallest absolute Gasteiger partial charge is 0.327 e. The predicted octanol–water partition coefficient (Wildman–Crippen LogP) is 4.25. The van der Waals surface area contributed by atoms with Crippen molar-refractivity contribution in [3.05, 3.63) is 36.5 Å². The summed E-state index contributed by atoms with van der Waals surface area (Å²) < 4.78 is 6.11. The molecule has 4 heteroatoms. The summed E-state index contributed by atoms with van der Waals surface area (Å²) in [7, 11) is 0. The van der Waals surface area contributed by atoms with E-state index in [1.54, 1.807) is 6.08 Å². The average Bonchev–Trinajstić information content (AvgIpc) is 3.33. The zero-order valence-electron chi connectivity index (χ0n) is 15.5. The molecule has 0 amide bonds. The van der Waals surface area contributed by atoms with Crippen molar-refractivity contribution in [3.63, 3.8) is 0 Å². The monoisotopic (exact) mass is 360 g/mol. The number of hydrogen-bond donors (Lipinski definition) is 2. The fourth-order valence-corrected chi connectivity index (χ4v) is 4.91. The van der Waals surface area contributed by atoms with E-state index in [9.17, 15) is 9.90 Å². The molecule has 0 radical (unpaired) electrons. The summed E-state index contributed by atoms with van der Waals surface area (Å²) in [5.41, 5.74) is 0. The van der Waals surface area contributed by atoms with Crippen molar-refractivity contribution < 1.29 is 19.7 Å². The average molecular weight is 360 g/mol. The molecular weight excluding hydrogens is 328 g/mol. The van der Waals surface area contributed by atoms with Crippen LogP contribution in [0.3, 0.4) is 0 Å². The van der Waals surface area contributed by atoms with Gasteiger partial charge >= 0.3 is 5.97 Å². The molecule has 0 aromatic heterocycles. The van der Waals surface area contributed by atoms with E-state index in [2.05, 4.69) is 12.2 Å². The molecule has 5 atom stereocenters. The van der Waals surface area contributed by atoms with Gasteiger partial charge in [0.2, 0.25) is 0 Å². The number of aliphatic hydroxyl groups is 1. The minimum atomic E-state index is -0.902. The SMILES string of the molecule is O=C(O)C=CCC=CC[C@H]1[C@@H](C=CC(O)CC2CCCC2)[C@H]2CC[C@@H]1O2. The van der Waals surface area contributed by atoms with Crippen LogP contribution >= 0.6 is 0 Å². The lowest BCUT2D eigenvalue weighted by Gasteiger charge is -2.25. The second kappa shape index (κ2) is 9.52. The molecule has 3 rings (SSSR count). The van der Waals surface area contributed by atoms with Crippen molar-refractivity contribution in [2.75, 3.05) is 0 Å². The third kappa shape index (κ3) is 5.31. The predicted molar refractivity (Wildman–Crippen MR) is 102 cm³/mol. The summed E-state index contributed by atoms with van der Waals surface area (Å²) in [5.74, 6) is 0.666. The first-order valence-corrected chi connectivity index (χ1v) is 10.2. The molecule has 0 aromatic carbocycles. The second-order valence-corrected chi connectivity index (χ2v) is 8.05. The highest BCUT2D eigenvalue weighted by Crippen LogP contribution is 2.46. The number of carbonyl (C=O) groups is 1. The van der Waals surface area contributed by atoms with Crippen molar-refractivity contribution >= 4 is 5.97 Å². The first-order valence-electron chi connectivity index (χ1n) is 10.2. The van der Waals surface area contributed by atoms with Crippen LogP contribution in [0.15, 0.2) is 36.5 Å². The van der Waals surface area contributed by atoms with Gasteiger partial charge in [0.25, 0.3) is 0 Å². The van der Waals surface area contributed by atoms with Gasteiger partial charge in [-0.1, -0.05) is 56.1 Å². The lowest BCUT2D eigenvalue weighted by Crippen LogP contribution is -2.25. The van der Waals surface area contributed by atoms with E-state index >= 15 is 0 Å². The van der Waals surface area contributed by atoms with Gasteiger partial charge in [-0.3, -0.25) is 0 Å². The van der Waals surface area contributed by atoms with Crippen LogP contribution in [-0.2, 0) is 9.53 Å². The van der Waals surface area contributed by atoms with Crippen LogP contribution in [0, 0.1) is 17.8 Å². The summed E-state index contributed by atoms with van der Waals surface area (Å²) in [6.45, 7) is 0. The highest BCUT2D eigenvalue weighted by atomic mass is 16.5. The number of ether oxygens (including phenoxy) is 1. The number of carboxylic acids is 1. The van der Waals surface area contributed by atoms with Crippen molar-refractivity contribution in [2.24, 2.45) is 17.8 Å². The molecule has 4 nitrogen and oxygen atoms in total. The number of aliphatic hydroxyl groups excluding tert-OH is 1. The minimum absolute atomic E-state index is 0.306. The molecule has 2 N–H and O–H groups in total. The molecule has 2 aliphatic heterocycles. The van der Waals surface area contributed by atoms with Gasteiger partial charge in [-0.2, -0.15) is 0 Å². The zero-order chi connectivity index (χ0) is 18.4. The molecular formula is C22H32O4. The Morgan fingerprint density at radius 1 is 1.08 bits per heavy atom. The highest BCUT2D eigenvalue weighted by molar-refractivity contribution is 5.79. The Morgan fingerprint density at radius 3 is 2.62 bits per heavy atom. The lowest BCUT2D eigenvalue weighted by molar-refractivity contribution is -0.131. The quantitative estimate of drug-likeness (QED) is 0.476. The van der Waals surface area contributed by atoms with E-state index in [0.717, 1.165) is 25.7 Å². The van der Waals surface area contributed by atoms with Gasteiger partial charge in [0, 0.05) is 12.0 Å². The van der Waals surface area contributed by atoms with Gasteiger partial charge in [0.1, 0.15) is 0 Å². The number of allylic oxidation sites excluding steroid dienone is 3. The molecule has 0 spiro atoms. The number of carboxylic acid groups (broad SMARTS) is 1. The largest absolute Gasteiger partial charge is 0.478 e. The van der Waals surface area contributed by atoms with Crippen LogP contribution in [0.4, 0.5) is 0 Å². The van der Waals surface area contributed by atoms with Crippen LogP contribution in [-0.4, -0.2) is 34.5 Å². The summed E-state index contributed by atoms with van der Waals surface area (Å²) >= 11 is 0. The Bertz CT molecular complexity index is 544. The molecule has 2 saturated heterocycles. The Morgan fingerprint density at radius 2 is 1.85 bits per heavy atom. The van der Waals surface area contributed by atoms with Crippen LogP contribution in [0.1, 0.15) is 57.8 Å². The van der Waals surface area contributed by atoms with E-state index in [1.807, 2.05) is 12.2 Å². The third-order valence-electron chi connectivity index (χ3n) is 6.20. The van der Waals surface area contributed by atoms with Crippen LogP contribution in [0.2, 0.25) is 0 Å². The molecule has 3 aliphatic rings. The fourth-order valence-electron chi connectivity index (χ4n) is 4.91. The lowest BCUT2D eigenvalue weighted by atomic mass is 9.77. The molecule has 1 aliphatic carbocycles. The first kappa shape index (κ1) is 19.4. The normalized spacial score (nSPS) is 33.3. The number of fused-ring (bicyclic) bond motifs is 2. The van der Waals surface area contributed by atoms with E-state index in [4.69, 9.17) is 9.84 Å². The van der Waals surface area contributed by atoms with Gasteiger partial charge in [0.05, 0.1) is 18.3 Å². The Labute approximate surface area is 156 Å². The third-order valence-corrected chi connectivity index (χ3v) is 6.20. The maximum absolute atomic E-state index is 10.5. The minimum Gasteiger partial charge on any atom is -0.478 e. The maximum Gasteiger partial charge on any atom is 0.327 e. The molecule has 0 aromatic rings. The van der Waals surface area contributed by atoms with Gasteiger partial charge in [-0.05, 0) is 43.9 Å². The van der Waals surface area contributed by atoms with Crippen molar-refractivity contribution in [1.82, 2.24) is 0 Å². The van der Waals surface area contributed by atoms with Crippen molar-refractivity contribution in [2.45, 2.75) is 76.1 Å². The van der Waals surface area contributed by atoms with E-state index < -0.39 is 5.97 Å². The summed E-state index contributed by atoms with van der Waals surface area (Å²) in [6, 6.07) is 0. The maximum atomic E-state index is 10.5. The van der Waals surface area contributed by atoms with Crippen LogP contribution < -0.4 is 0 Å². The summed E-state index contributed by atoms with van der Waals surface area (Å²) in [5, 5.41) is 18.9. The van der Waals surface area contributed by atoms with Crippen LogP contribution in [0.25, 0.3) is 0 Å². The first-order chi connectivity index (χ1) is 12.6. The Kier molecular flexibility index (Phi) is 7.09. The summed E-state index contributed by atoms with van der Waals surface area (Å²) in [4.78, 5) is 10.5. The molecule has 1 saturated carbocycles.